The lowest BCUT2D eigenvalue weighted by molar-refractivity contribution is -0.164. The molecule has 0 heterocycles. The van der Waals surface area contributed by atoms with Crippen LogP contribution in [0.2, 0.25) is 0 Å². The fourth-order valence-corrected chi connectivity index (χ4v) is 0.648. The van der Waals surface area contributed by atoms with Gasteiger partial charge in [-0.05, 0) is 6.42 Å². The summed E-state index contributed by atoms with van der Waals surface area (Å²) in [5.41, 5.74) is 0. The zero-order valence-corrected chi connectivity index (χ0v) is 7.18. The Kier molecular flexibility index (Phi) is 4.35. The molecule has 0 rings (SSSR count). The van der Waals surface area contributed by atoms with Crippen molar-refractivity contribution in [3.63, 3.8) is 0 Å². The van der Waals surface area contributed by atoms with Gasteiger partial charge in [0, 0.05) is 0 Å². The zero-order chi connectivity index (χ0) is 10.5. The summed E-state index contributed by atoms with van der Waals surface area (Å²) in [5.74, 6) is -3.68. The maximum absolute atomic E-state index is 12.4. The highest BCUT2D eigenvalue weighted by Crippen LogP contribution is 2.11. The molecule has 3 nitrogen and oxygen atoms in total. The second-order valence-corrected chi connectivity index (χ2v) is 2.52. The number of hydrogen-bond acceptors (Lipinski definition) is 2. The molecule has 5 heteroatoms. The van der Waals surface area contributed by atoms with Gasteiger partial charge in [0.05, 0.1) is 12.6 Å². The van der Waals surface area contributed by atoms with E-state index >= 15 is 0 Å². The molecule has 2 N–H and O–H groups in total. The Morgan fingerprint density at radius 3 is 2.62 bits per heavy atom. The minimum Gasteiger partial charge on any atom is -0.477 e. The monoisotopic (exact) mass is 191 g/mol. The van der Waals surface area contributed by atoms with Crippen LogP contribution in [0.3, 0.4) is 0 Å². The van der Waals surface area contributed by atoms with Crippen molar-refractivity contribution in [1.29, 1.82) is 0 Å². The van der Waals surface area contributed by atoms with Crippen LogP contribution >= 0.6 is 0 Å². The summed E-state index contributed by atoms with van der Waals surface area (Å²) < 4.78 is 24.9. The molecule has 74 valence electrons. The number of alkyl halides is 2. The first-order chi connectivity index (χ1) is 5.94. The first-order valence-electron chi connectivity index (χ1n) is 3.74. The van der Waals surface area contributed by atoms with Gasteiger partial charge in [0.15, 0.2) is 0 Å². The summed E-state index contributed by atoms with van der Waals surface area (Å²) >= 11 is 0. The van der Waals surface area contributed by atoms with Gasteiger partial charge in [0.2, 0.25) is 0 Å². The fourth-order valence-electron chi connectivity index (χ4n) is 0.648. The van der Waals surface area contributed by atoms with Gasteiger partial charge in [-0.15, -0.1) is 6.42 Å². The van der Waals surface area contributed by atoms with Crippen molar-refractivity contribution in [3.8, 4) is 12.3 Å². The molecule has 0 saturated carbocycles. The summed E-state index contributed by atoms with van der Waals surface area (Å²) in [6.45, 7) is 0.779. The number of halogens is 2. The first-order valence-corrected chi connectivity index (χ1v) is 3.74. The van der Waals surface area contributed by atoms with E-state index in [-0.39, 0.29) is 0 Å². The van der Waals surface area contributed by atoms with E-state index in [9.17, 15) is 13.6 Å². The predicted octanol–water partition coefficient (Wildman–Crippen LogP) is 0.708. The maximum Gasteiger partial charge on any atom is 0.375 e. The molecule has 0 aliphatic carbocycles. The Labute approximate surface area is 75.1 Å². The average Bonchev–Trinajstić information content (AvgIpc) is 2.06. The first kappa shape index (κ1) is 11.8. The summed E-state index contributed by atoms with van der Waals surface area (Å²) in [7, 11) is 0. The largest absolute Gasteiger partial charge is 0.477 e. The number of rotatable bonds is 5. The number of terminal acetylenes is 1. The smallest absolute Gasteiger partial charge is 0.375 e. The number of aliphatic carboxylic acids is 1. The van der Waals surface area contributed by atoms with E-state index in [1.807, 2.05) is 0 Å². The minimum atomic E-state index is -3.76. The second kappa shape index (κ2) is 4.77. The Balaban J connectivity index is 4.02. The van der Waals surface area contributed by atoms with Gasteiger partial charge in [-0.3, -0.25) is 5.32 Å². The van der Waals surface area contributed by atoms with Gasteiger partial charge in [-0.2, -0.15) is 8.78 Å². The molecule has 0 aromatic carbocycles. The van der Waals surface area contributed by atoms with Crippen molar-refractivity contribution < 1.29 is 18.7 Å². The summed E-state index contributed by atoms with van der Waals surface area (Å²) in [6.07, 6.45) is 5.46. The van der Waals surface area contributed by atoms with Gasteiger partial charge in [-0.25, -0.2) is 4.79 Å². The fraction of sp³-hybridized carbons (Fsp3) is 0.625. The van der Waals surface area contributed by atoms with Gasteiger partial charge < -0.3 is 5.11 Å². The zero-order valence-electron chi connectivity index (χ0n) is 7.18. The van der Waals surface area contributed by atoms with Crippen LogP contribution in [0, 0.1) is 12.3 Å². The normalized spacial score (nSPS) is 13.4. The highest BCUT2D eigenvalue weighted by Gasteiger charge is 2.38. The van der Waals surface area contributed by atoms with Crippen molar-refractivity contribution in [3.05, 3.63) is 0 Å². The summed E-state index contributed by atoms with van der Waals surface area (Å²) in [5, 5.41) is 10.3. The van der Waals surface area contributed by atoms with Crippen LogP contribution in [0.4, 0.5) is 8.78 Å². The second-order valence-electron chi connectivity index (χ2n) is 2.52. The van der Waals surface area contributed by atoms with Crippen LogP contribution in [0.5, 0.6) is 0 Å². The molecule has 0 saturated heterocycles. The van der Waals surface area contributed by atoms with Crippen molar-refractivity contribution in [1.82, 2.24) is 5.32 Å². The van der Waals surface area contributed by atoms with Crippen molar-refractivity contribution in [2.24, 2.45) is 0 Å². The lowest BCUT2D eigenvalue weighted by Crippen LogP contribution is -2.43. The van der Waals surface area contributed by atoms with Crippen molar-refractivity contribution in [2.45, 2.75) is 25.3 Å². The number of hydrogen-bond donors (Lipinski definition) is 2. The highest BCUT2D eigenvalue weighted by atomic mass is 19.3. The molecule has 0 aliphatic heterocycles. The van der Waals surface area contributed by atoms with Gasteiger partial charge in [0.1, 0.15) is 0 Å². The molecule has 13 heavy (non-hydrogen) atoms. The molecule has 0 aromatic rings. The maximum atomic E-state index is 12.4. The quantitative estimate of drug-likeness (QED) is 0.629. The van der Waals surface area contributed by atoms with Gasteiger partial charge in [-0.1, -0.05) is 12.8 Å². The molecule has 1 unspecified atom stereocenters. The lowest BCUT2D eigenvalue weighted by atomic mass is 10.2. The summed E-state index contributed by atoms with van der Waals surface area (Å²) in [4.78, 5) is 9.97. The molecular formula is C8H11F2NO2. The van der Waals surface area contributed by atoms with Crippen molar-refractivity contribution >= 4 is 5.97 Å². The SMILES string of the molecule is C#CC(CC)NCC(F)(F)C(=O)O. The van der Waals surface area contributed by atoms with E-state index < -0.39 is 24.5 Å². The lowest BCUT2D eigenvalue weighted by Gasteiger charge is -2.15. The third-order valence-corrected chi connectivity index (χ3v) is 1.49. The van der Waals surface area contributed by atoms with E-state index in [1.165, 1.54) is 0 Å². The van der Waals surface area contributed by atoms with Gasteiger partial charge >= 0.3 is 11.9 Å². The number of carboxylic acids is 1. The molecule has 0 aliphatic rings. The van der Waals surface area contributed by atoms with E-state index in [4.69, 9.17) is 11.5 Å². The molecule has 0 bridgehead atoms. The average molecular weight is 191 g/mol. The number of nitrogens with one attached hydrogen (secondary N) is 1. The topological polar surface area (TPSA) is 49.3 Å². The molecule has 0 spiro atoms. The molecule has 0 amide bonds. The van der Waals surface area contributed by atoms with Crippen LogP contribution in [0.15, 0.2) is 0 Å². The Morgan fingerprint density at radius 1 is 1.77 bits per heavy atom. The number of carboxylic acid groups (broad SMARTS) is 1. The third-order valence-electron chi connectivity index (χ3n) is 1.49. The minimum absolute atomic E-state index is 0.478. The van der Waals surface area contributed by atoms with E-state index in [0.29, 0.717) is 6.42 Å². The Morgan fingerprint density at radius 2 is 2.31 bits per heavy atom. The Hall–Kier alpha value is -1.15. The summed E-state index contributed by atoms with van der Waals surface area (Å²) in [6, 6.07) is -0.509. The van der Waals surface area contributed by atoms with Crippen LogP contribution < -0.4 is 5.32 Å². The molecule has 0 aromatic heterocycles. The third kappa shape index (κ3) is 3.85. The van der Waals surface area contributed by atoms with Gasteiger partial charge in [0.25, 0.3) is 0 Å². The molecule has 0 fully saturated rings. The molecule has 1 atom stereocenters. The van der Waals surface area contributed by atoms with E-state index in [2.05, 4.69) is 11.2 Å². The highest BCUT2D eigenvalue weighted by molar-refractivity contribution is 5.75. The predicted molar refractivity (Wildman–Crippen MR) is 43.5 cm³/mol. The standard InChI is InChI=1S/C8H11F2NO2/c1-3-6(4-2)11-5-8(9,10)7(12)13/h1,6,11H,4-5H2,2H3,(H,12,13). The molecular weight excluding hydrogens is 180 g/mol. The van der Waals surface area contributed by atoms with Crippen molar-refractivity contribution in [2.75, 3.05) is 6.54 Å². The van der Waals surface area contributed by atoms with Crippen LogP contribution in [-0.4, -0.2) is 29.6 Å². The number of carbonyl (C=O) groups is 1. The van der Waals surface area contributed by atoms with Crippen LogP contribution in [-0.2, 0) is 4.79 Å². The molecule has 0 radical (unpaired) electrons. The van der Waals surface area contributed by atoms with E-state index in [1.54, 1.807) is 6.92 Å². The van der Waals surface area contributed by atoms with E-state index in [0.717, 1.165) is 0 Å². The van der Waals surface area contributed by atoms with Crippen LogP contribution in [0.25, 0.3) is 0 Å². The van der Waals surface area contributed by atoms with Crippen LogP contribution in [0.1, 0.15) is 13.3 Å². The Bertz CT molecular complexity index is 223.